The average Bonchev–Trinajstić information content (AvgIpc) is 2.55. The highest BCUT2D eigenvalue weighted by molar-refractivity contribution is 6.03. The Morgan fingerprint density at radius 2 is 1.74 bits per heavy atom. The number of para-hydroxylation sites is 2. The van der Waals surface area contributed by atoms with E-state index in [9.17, 15) is 14.7 Å². The number of anilines is 2. The van der Waals surface area contributed by atoms with Crippen molar-refractivity contribution >= 4 is 29.3 Å². The fourth-order valence-electron chi connectivity index (χ4n) is 1.89. The largest absolute Gasteiger partial charge is 0.479 e. The molecular formula is C17H16N2O4. The summed E-state index contributed by atoms with van der Waals surface area (Å²) in [5.74, 6) is -1.65. The van der Waals surface area contributed by atoms with Gasteiger partial charge in [-0.25, -0.2) is 4.79 Å². The first kappa shape index (κ1) is 16.3. The van der Waals surface area contributed by atoms with Gasteiger partial charge in [-0.15, -0.1) is 0 Å². The van der Waals surface area contributed by atoms with Crippen molar-refractivity contribution in [3.63, 3.8) is 0 Å². The Morgan fingerprint density at radius 3 is 2.35 bits per heavy atom. The number of aliphatic hydroxyl groups is 1. The molecule has 2 rings (SSSR count). The van der Waals surface area contributed by atoms with Crippen molar-refractivity contribution in [1.82, 2.24) is 0 Å². The maximum atomic E-state index is 11.8. The number of hydrogen-bond donors (Lipinski definition) is 4. The number of rotatable bonds is 5. The summed E-state index contributed by atoms with van der Waals surface area (Å²) in [5.41, 5.74) is 7.71. The number of benzene rings is 2. The lowest BCUT2D eigenvalue weighted by Crippen LogP contribution is -2.10. The van der Waals surface area contributed by atoms with E-state index in [0.29, 0.717) is 16.9 Å². The second-order valence-corrected chi connectivity index (χ2v) is 4.82. The Balaban J connectivity index is 2.01. The van der Waals surface area contributed by atoms with Crippen molar-refractivity contribution in [2.24, 2.45) is 0 Å². The molecule has 2 aromatic rings. The predicted octanol–water partition coefficient (Wildman–Crippen LogP) is 2.04. The summed E-state index contributed by atoms with van der Waals surface area (Å²) < 4.78 is 0. The first-order valence-electron chi connectivity index (χ1n) is 6.82. The molecule has 0 heterocycles. The van der Waals surface area contributed by atoms with Crippen LogP contribution in [0.3, 0.4) is 0 Å². The second-order valence-electron chi connectivity index (χ2n) is 4.82. The van der Waals surface area contributed by atoms with E-state index in [1.54, 1.807) is 42.5 Å². The summed E-state index contributed by atoms with van der Waals surface area (Å²) in [6, 6.07) is 13.1. The van der Waals surface area contributed by atoms with E-state index in [2.05, 4.69) is 5.32 Å². The maximum absolute atomic E-state index is 11.8. The van der Waals surface area contributed by atoms with Gasteiger partial charge >= 0.3 is 5.97 Å². The lowest BCUT2D eigenvalue weighted by molar-refractivity contribution is -0.146. The van der Waals surface area contributed by atoms with Gasteiger partial charge in [-0.3, -0.25) is 4.79 Å². The lowest BCUT2D eigenvalue weighted by Gasteiger charge is -2.06. The number of nitrogens with one attached hydrogen (secondary N) is 1. The van der Waals surface area contributed by atoms with E-state index in [-0.39, 0.29) is 11.5 Å². The Labute approximate surface area is 132 Å². The van der Waals surface area contributed by atoms with E-state index >= 15 is 0 Å². The number of hydrogen-bond acceptors (Lipinski definition) is 4. The minimum absolute atomic E-state index is 0.274. The van der Waals surface area contributed by atoms with E-state index in [4.69, 9.17) is 10.8 Å². The Kier molecular flexibility index (Phi) is 5.11. The third-order valence-electron chi connectivity index (χ3n) is 3.13. The number of amides is 1. The van der Waals surface area contributed by atoms with E-state index in [1.807, 2.05) is 0 Å². The van der Waals surface area contributed by atoms with Gasteiger partial charge in [0.25, 0.3) is 0 Å². The van der Waals surface area contributed by atoms with Crippen LogP contribution < -0.4 is 11.1 Å². The van der Waals surface area contributed by atoms with Crippen molar-refractivity contribution in [2.75, 3.05) is 11.1 Å². The number of aliphatic carboxylic acids is 1. The summed E-state index contributed by atoms with van der Waals surface area (Å²) in [6.07, 6.45) is 1.36. The molecule has 1 atom stereocenters. The number of carbonyl (C=O) groups excluding carboxylic acids is 1. The number of carbonyl (C=O) groups is 2. The standard InChI is InChI=1S/C17H16N2O4/c18-13-3-1-2-4-14(13)19-15(20)10-7-11-5-8-12(9-6-11)16(21)17(22)23/h1-10,16,21H,18H2,(H,19,20)(H,22,23)/b10-7+. The normalized spacial score (nSPS) is 12.0. The molecule has 118 valence electrons. The third kappa shape index (κ3) is 4.42. The number of carboxylic acids is 1. The van der Waals surface area contributed by atoms with Crippen LogP contribution in [0.2, 0.25) is 0 Å². The SMILES string of the molecule is Nc1ccccc1NC(=O)/C=C/c1ccc(C(O)C(=O)O)cc1. The van der Waals surface area contributed by atoms with Crippen molar-refractivity contribution in [3.05, 3.63) is 65.7 Å². The van der Waals surface area contributed by atoms with Crippen molar-refractivity contribution < 1.29 is 19.8 Å². The van der Waals surface area contributed by atoms with Gasteiger partial charge in [0.2, 0.25) is 5.91 Å². The Morgan fingerprint density at radius 1 is 1.09 bits per heavy atom. The molecule has 1 unspecified atom stereocenters. The van der Waals surface area contributed by atoms with Gasteiger partial charge in [0.1, 0.15) is 0 Å². The number of nitrogens with two attached hydrogens (primary N) is 1. The fraction of sp³-hybridized carbons (Fsp3) is 0.0588. The van der Waals surface area contributed by atoms with Crippen LogP contribution in [0.5, 0.6) is 0 Å². The summed E-state index contributed by atoms with van der Waals surface area (Å²) in [6.45, 7) is 0. The van der Waals surface area contributed by atoms with Crippen LogP contribution in [0, 0.1) is 0 Å². The van der Waals surface area contributed by atoms with Gasteiger partial charge in [-0.05, 0) is 29.3 Å². The highest BCUT2D eigenvalue weighted by atomic mass is 16.4. The van der Waals surface area contributed by atoms with E-state index in [1.165, 1.54) is 18.2 Å². The van der Waals surface area contributed by atoms with Crippen molar-refractivity contribution in [3.8, 4) is 0 Å². The number of nitrogen functional groups attached to an aromatic ring is 1. The summed E-state index contributed by atoms with van der Waals surface area (Å²) in [5, 5.41) is 20.8. The molecule has 1 amide bonds. The van der Waals surface area contributed by atoms with Crippen molar-refractivity contribution in [1.29, 1.82) is 0 Å². The van der Waals surface area contributed by atoms with Gasteiger partial charge in [0.15, 0.2) is 6.10 Å². The summed E-state index contributed by atoms with van der Waals surface area (Å²) in [4.78, 5) is 22.5. The molecule has 0 radical (unpaired) electrons. The van der Waals surface area contributed by atoms with Gasteiger partial charge in [-0.1, -0.05) is 36.4 Å². The molecule has 0 saturated heterocycles. The lowest BCUT2D eigenvalue weighted by atomic mass is 10.1. The van der Waals surface area contributed by atoms with Crippen LogP contribution in [0.1, 0.15) is 17.2 Å². The molecule has 5 N–H and O–H groups in total. The van der Waals surface area contributed by atoms with E-state index in [0.717, 1.165) is 0 Å². The minimum Gasteiger partial charge on any atom is -0.479 e. The first-order valence-corrected chi connectivity index (χ1v) is 6.82. The summed E-state index contributed by atoms with van der Waals surface area (Å²) >= 11 is 0. The van der Waals surface area contributed by atoms with Gasteiger partial charge < -0.3 is 21.3 Å². The van der Waals surface area contributed by atoms with Gasteiger partial charge in [0.05, 0.1) is 11.4 Å². The van der Waals surface area contributed by atoms with Crippen LogP contribution in [-0.2, 0) is 9.59 Å². The van der Waals surface area contributed by atoms with Crippen LogP contribution in [0.25, 0.3) is 6.08 Å². The topological polar surface area (TPSA) is 113 Å². The van der Waals surface area contributed by atoms with Gasteiger partial charge in [0, 0.05) is 6.08 Å². The second kappa shape index (κ2) is 7.24. The highest BCUT2D eigenvalue weighted by Gasteiger charge is 2.14. The molecule has 6 heteroatoms. The number of carboxylic acid groups (broad SMARTS) is 1. The molecule has 0 spiro atoms. The molecule has 23 heavy (non-hydrogen) atoms. The monoisotopic (exact) mass is 312 g/mol. The minimum atomic E-state index is -1.56. The van der Waals surface area contributed by atoms with Crippen LogP contribution in [-0.4, -0.2) is 22.1 Å². The van der Waals surface area contributed by atoms with Crippen LogP contribution >= 0.6 is 0 Å². The first-order chi connectivity index (χ1) is 11.0. The molecule has 0 bridgehead atoms. The maximum Gasteiger partial charge on any atom is 0.337 e. The van der Waals surface area contributed by atoms with Crippen molar-refractivity contribution in [2.45, 2.75) is 6.10 Å². The zero-order chi connectivity index (χ0) is 16.8. The van der Waals surface area contributed by atoms with Crippen LogP contribution in [0.4, 0.5) is 11.4 Å². The predicted molar refractivity (Wildman–Crippen MR) is 87.6 cm³/mol. The summed E-state index contributed by atoms with van der Waals surface area (Å²) in [7, 11) is 0. The molecule has 0 fully saturated rings. The highest BCUT2D eigenvalue weighted by Crippen LogP contribution is 2.17. The quantitative estimate of drug-likeness (QED) is 0.498. The smallest absolute Gasteiger partial charge is 0.337 e. The zero-order valence-corrected chi connectivity index (χ0v) is 12.1. The fourth-order valence-corrected chi connectivity index (χ4v) is 1.89. The molecule has 0 saturated carbocycles. The molecule has 0 aromatic heterocycles. The molecular weight excluding hydrogens is 296 g/mol. The molecule has 0 aliphatic heterocycles. The Bertz CT molecular complexity index is 739. The van der Waals surface area contributed by atoms with Gasteiger partial charge in [-0.2, -0.15) is 0 Å². The van der Waals surface area contributed by atoms with E-state index < -0.39 is 12.1 Å². The molecule has 0 aliphatic carbocycles. The third-order valence-corrected chi connectivity index (χ3v) is 3.13. The number of aliphatic hydroxyl groups excluding tert-OH is 1. The zero-order valence-electron chi connectivity index (χ0n) is 12.1. The molecule has 2 aromatic carbocycles. The van der Waals surface area contributed by atoms with Crippen LogP contribution in [0.15, 0.2) is 54.6 Å². The average molecular weight is 312 g/mol. The Hall–Kier alpha value is -3.12. The molecule has 6 nitrogen and oxygen atoms in total. The molecule has 0 aliphatic rings.